The van der Waals surface area contributed by atoms with Crippen molar-refractivity contribution in [2.75, 3.05) is 0 Å². The Morgan fingerprint density at radius 3 is 2.93 bits per heavy atom. The van der Waals surface area contributed by atoms with E-state index in [9.17, 15) is 0 Å². The molecule has 0 spiro atoms. The molecule has 68 valence electrons. The predicted molar refractivity (Wildman–Crippen MR) is 52.4 cm³/mol. The van der Waals surface area contributed by atoms with E-state index >= 15 is 0 Å². The van der Waals surface area contributed by atoms with Crippen LogP contribution in [-0.4, -0.2) is 14.8 Å². The minimum Gasteiger partial charge on any atom is -0.360 e. The number of rotatable bonds is 1. The number of nitrogens with zero attached hydrogens (tertiary/aromatic N) is 4. The molecule has 2 aromatic heterocycles. The lowest BCUT2D eigenvalue weighted by molar-refractivity contribution is 0.848. The van der Waals surface area contributed by atoms with Crippen molar-refractivity contribution in [1.29, 1.82) is 0 Å². The Balaban J connectivity index is 2.53. The number of hydrogen-bond donors (Lipinski definition) is 0. The van der Waals surface area contributed by atoms with Gasteiger partial charge in [0.2, 0.25) is 5.82 Å². The summed E-state index contributed by atoms with van der Waals surface area (Å²) < 4.78 is 1.63. The Morgan fingerprint density at radius 2 is 2.29 bits per heavy atom. The standard InChI is InChI=1S/C10H8N4/c1-8-4-5-9(13-10(8)11-2)14-7-3-6-12-14/h3-7H,1H3. The van der Waals surface area contributed by atoms with E-state index in [1.165, 1.54) is 0 Å². The molecule has 0 saturated heterocycles. The molecule has 0 saturated carbocycles. The summed E-state index contributed by atoms with van der Waals surface area (Å²) in [7, 11) is 0. The average Bonchev–Trinajstić information content (AvgIpc) is 2.71. The van der Waals surface area contributed by atoms with Gasteiger partial charge in [0.15, 0.2) is 0 Å². The zero-order valence-corrected chi connectivity index (χ0v) is 7.68. The van der Waals surface area contributed by atoms with Crippen molar-refractivity contribution in [1.82, 2.24) is 14.8 Å². The molecule has 2 heterocycles. The highest BCUT2D eigenvalue weighted by atomic mass is 15.3. The van der Waals surface area contributed by atoms with Crippen LogP contribution < -0.4 is 0 Å². The fraction of sp³-hybridized carbons (Fsp3) is 0.100. The Labute approximate surface area is 81.6 Å². The first-order chi connectivity index (χ1) is 6.81. The summed E-state index contributed by atoms with van der Waals surface area (Å²) in [6.45, 7) is 8.81. The van der Waals surface area contributed by atoms with Crippen LogP contribution >= 0.6 is 0 Å². The van der Waals surface area contributed by atoms with Gasteiger partial charge >= 0.3 is 0 Å². The van der Waals surface area contributed by atoms with E-state index in [4.69, 9.17) is 6.57 Å². The number of aromatic nitrogens is 3. The molecule has 2 rings (SSSR count). The first-order valence-corrected chi connectivity index (χ1v) is 4.16. The van der Waals surface area contributed by atoms with Crippen molar-refractivity contribution in [2.45, 2.75) is 6.92 Å². The van der Waals surface area contributed by atoms with Crippen molar-refractivity contribution in [3.63, 3.8) is 0 Å². The zero-order valence-electron chi connectivity index (χ0n) is 7.68. The molecule has 4 heteroatoms. The third kappa shape index (κ3) is 1.36. The van der Waals surface area contributed by atoms with E-state index in [0.29, 0.717) is 11.6 Å². The molecule has 2 aromatic rings. The van der Waals surface area contributed by atoms with Gasteiger partial charge in [-0.25, -0.2) is 4.68 Å². The Bertz CT molecular complexity index is 479. The maximum absolute atomic E-state index is 6.94. The van der Waals surface area contributed by atoms with Crippen molar-refractivity contribution in [3.8, 4) is 5.82 Å². The van der Waals surface area contributed by atoms with Crippen LogP contribution in [0.15, 0.2) is 30.6 Å². The quantitative estimate of drug-likeness (QED) is 0.636. The molecular formula is C10H8N4. The second-order valence-electron chi connectivity index (χ2n) is 2.87. The topological polar surface area (TPSA) is 35.1 Å². The Hall–Kier alpha value is -2.15. The van der Waals surface area contributed by atoms with Gasteiger partial charge in [-0.05, 0) is 18.6 Å². The third-order valence-corrected chi connectivity index (χ3v) is 1.90. The fourth-order valence-corrected chi connectivity index (χ4v) is 1.15. The molecular weight excluding hydrogens is 176 g/mol. The lowest BCUT2D eigenvalue weighted by Gasteiger charge is -1.98. The molecule has 0 N–H and O–H groups in total. The SMILES string of the molecule is [C-]#[N+]c1nc(-n2cccn2)ccc1C. The summed E-state index contributed by atoms with van der Waals surface area (Å²) in [6, 6.07) is 5.54. The fourth-order valence-electron chi connectivity index (χ4n) is 1.15. The zero-order chi connectivity index (χ0) is 9.97. The van der Waals surface area contributed by atoms with Crippen molar-refractivity contribution < 1.29 is 0 Å². The van der Waals surface area contributed by atoms with Crippen LogP contribution in [0.2, 0.25) is 0 Å². The number of aryl methyl sites for hydroxylation is 1. The molecule has 0 aliphatic carbocycles. The van der Waals surface area contributed by atoms with Crippen LogP contribution in [0.4, 0.5) is 5.82 Å². The summed E-state index contributed by atoms with van der Waals surface area (Å²) >= 11 is 0. The van der Waals surface area contributed by atoms with Crippen LogP contribution in [0.1, 0.15) is 5.56 Å². The monoisotopic (exact) mass is 184 g/mol. The maximum atomic E-state index is 6.94. The summed E-state index contributed by atoms with van der Waals surface area (Å²) in [4.78, 5) is 7.52. The van der Waals surface area contributed by atoms with Gasteiger partial charge in [-0.1, -0.05) is 12.6 Å². The second-order valence-corrected chi connectivity index (χ2v) is 2.87. The highest BCUT2D eigenvalue weighted by Crippen LogP contribution is 2.16. The maximum Gasteiger partial charge on any atom is 0.274 e. The van der Waals surface area contributed by atoms with Crippen molar-refractivity contribution in [2.24, 2.45) is 0 Å². The molecule has 0 atom stereocenters. The Morgan fingerprint density at radius 1 is 1.43 bits per heavy atom. The summed E-state index contributed by atoms with van der Waals surface area (Å²) in [5, 5.41) is 4.04. The van der Waals surface area contributed by atoms with Gasteiger partial charge in [0.25, 0.3) is 5.82 Å². The normalized spacial score (nSPS) is 9.71. The molecule has 0 bridgehead atoms. The van der Waals surface area contributed by atoms with E-state index in [0.717, 1.165) is 5.56 Å². The van der Waals surface area contributed by atoms with E-state index < -0.39 is 0 Å². The Kier molecular flexibility index (Phi) is 1.99. The van der Waals surface area contributed by atoms with Gasteiger partial charge in [0.1, 0.15) is 0 Å². The van der Waals surface area contributed by atoms with Gasteiger partial charge in [0, 0.05) is 18.5 Å². The predicted octanol–water partition coefficient (Wildman–Crippen LogP) is 2.13. The van der Waals surface area contributed by atoms with Gasteiger partial charge < -0.3 is 4.85 Å². The molecule has 14 heavy (non-hydrogen) atoms. The number of pyridine rings is 1. The van der Waals surface area contributed by atoms with Crippen molar-refractivity contribution in [3.05, 3.63) is 47.6 Å². The van der Waals surface area contributed by atoms with Crippen LogP contribution in [0, 0.1) is 13.5 Å². The molecule has 4 nitrogen and oxygen atoms in total. The largest absolute Gasteiger partial charge is 0.360 e. The molecule has 0 unspecified atom stereocenters. The second kappa shape index (κ2) is 3.30. The first-order valence-electron chi connectivity index (χ1n) is 4.16. The third-order valence-electron chi connectivity index (χ3n) is 1.90. The summed E-state index contributed by atoms with van der Waals surface area (Å²) in [6.07, 6.45) is 3.48. The van der Waals surface area contributed by atoms with Crippen LogP contribution in [0.25, 0.3) is 10.7 Å². The van der Waals surface area contributed by atoms with Crippen LogP contribution in [-0.2, 0) is 0 Å². The molecule has 0 radical (unpaired) electrons. The van der Waals surface area contributed by atoms with E-state index in [1.54, 1.807) is 17.1 Å². The van der Waals surface area contributed by atoms with Gasteiger partial charge in [-0.2, -0.15) is 5.10 Å². The van der Waals surface area contributed by atoms with Crippen molar-refractivity contribution >= 4 is 5.82 Å². The lowest BCUT2D eigenvalue weighted by atomic mass is 10.3. The minimum atomic E-state index is 0.429. The van der Waals surface area contributed by atoms with Gasteiger partial charge in [-0.3, -0.25) is 0 Å². The van der Waals surface area contributed by atoms with E-state index in [1.807, 2.05) is 25.1 Å². The summed E-state index contributed by atoms with van der Waals surface area (Å²) in [5.74, 6) is 1.10. The highest BCUT2D eigenvalue weighted by molar-refractivity contribution is 5.47. The molecule has 0 fully saturated rings. The van der Waals surface area contributed by atoms with E-state index in [2.05, 4.69) is 14.9 Å². The average molecular weight is 184 g/mol. The van der Waals surface area contributed by atoms with Gasteiger partial charge in [-0.15, -0.1) is 4.98 Å². The summed E-state index contributed by atoms with van der Waals surface area (Å²) in [5.41, 5.74) is 0.885. The minimum absolute atomic E-state index is 0.429. The van der Waals surface area contributed by atoms with E-state index in [-0.39, 0.29) is 0 Å². The molecule has 0 aliphatic rings. The molecule has 0 aliphatic heterocycles. The first kappa shape index (κ1) is 8.45. The van der Waals surface area contributed by atoms with Gasteiger partial charge in [0.05, 0.1) is 0 Å². The van der Waals surface area contributed by atoms with Crippen LogP contribution in [0.5, 0.6) is 0 Å². The molecule has 0 amide bonds. The smallest absolute Gasteiger partial charge is 0.274 e. The lowest BCUT2D eigenvalue weighted by Crippen LogP contribution is -1.97. The van der Waals surface area contributed by atoms with Crippen LogP contribution in [0.3, 0.4) is 0 Å². The number of hydrogen-bond acceptors (Lipinski definition) is 2. The highest BCUT2D eigenvalue weighted by Gasteiger charge is 2.05. The molecule has 0 aromatic carbocycles.